The Morgan fingerprint density at radius 1 is 1.20 bits per heavy atom. The summed E-state index contributed by atoms with van der Waals surface area (Å²) in [5.41, 5.74) is 8.16. The fourth-order valence-electron chi connectivity index (χ4n) is 3.23. The summed E-state index contributed by atoms with van der Waals surface area (Å²) < 4.78 is 11.2. The molecule has 4 nitrogen and oxygen atoms in total. The lowest BCUT2D eigenvalue weighted by molar-refractivity contribution is 0.135. The lowest BCUT2D eigenvalue weighted by Crippen LogP contribution is -2.38. The highest BCUT2D eigenvalue weighted by Crippen LogP contribution is 2.35. The van der Waals surface area contributed by atoms with Crippen LogP contribution in [0, 0.1) is 0 Å². The molecule has 0 amide bonds. The number of likely N-dealkylation sites (tertiary alicyclic amines) is 1. The second-order valence-electron chi connectivity index (χ2n) is 5.72. The fraction of sp³-hybridized carbons (Fsp3) is 0.625. The van der Waals surface area contributed by atoms with E-state index in [0.717, 1.165) is 29.3 Å². The standard InChI is InChI=1S/C16H24N2O2/c1-2-13-5-3-4-6-18(13)11-12-9-15-16(10-14(12)17)20-8-7-19-15/h9-10,13H,2-8,11,17H2,1H3. The molecular weight excluding hydrogens is 252 g/mol. The maximum absolute atomic E-state index is 6.19. The SMILES string of the molecule is CCC1CCCCN1Cc1cc2c(cc1N)OCCO2. The Morgan fingerprint density at radius 3 is 2.70 bits per heavy atom. The van der Waals surface area contributed by atoms with Gasteiger partial charge in [-0.1, -0.05) is 13.3 Å². The number of ether oxygens (including phenoxy) is 2. The predicted octanol–water partition coefficient (Wildman–Crippen LogP) is 2.80. The summed E-state index contributed by atoms with van der Waals surface area (Å²) in [6, 6.07) is 4.66. The molecule has 1 fully saturated rings. The minimum Gasteiger partial charge on any atom is -0.486 e. The van der Waals surface area contributed by atoms with Crippen LogP contribution in [-0.2, 0) is 6.54 Å². The first-order chi connectivity index (χ1) is 9.78. The van der Waals surface area contributed by atoms with Crippen LogP contribution in [-0.4, -0.2) is 30.7 Å². The molecule has 0 radical (unpaired) electrons. The number of benzene rings is 1. The molecular formula is C16H24N2O2. The Morgan fingerprint density at radius 2 is 1.95 bits per heavy atom. The minimum atomic E-state index is 0.607. The van der Waals surface area contributed by atoms with E-state index in [2.05, 4.69) is 17.9 Å². The van der Waals surface area contributed by atoms with Gasteiger partial charge in [-0.15, -0.1) is 0 Å². The zero-order valence-electron chi connectivity index (χ0n) is 12.2. The first-order valence-electron chi connectivity index (χ1n) is 7.70. The summed E-state index contributed by atoms with van der Waals surface area (Å²) in [6.07, 6.45) is 5.16. The average molecular weight is 276 g/mol. The van der Waals surface area contributed by atoms with Crippen molar-refractivity contribution in [1.82, 2.24) is 4.90 Å². The molecule has 4 heteroatoms. The molecule has 2 aliphatic heterocycles. The Bertz CT molecular complexity index is 476. The van der Waals surface area contributed by atoms with Gasteiger partial charge in [0.15, 0.2) is 11.5 Å². The maximum atomic E-state index is 6.19. The average Bonchev–Trinajstić information content (AvgIpc) is 2.48. The van der Waals surface area contributed by atoms with Gasteiger partial charge in [0.25, 0.3) is 0 Å². The highest BCUT2D eigenvalue weighted by atomic mass is 16.6. The molecule has 0 spiro atoms. The summed E-state index contributed by atoms with van der Waals surface area (Å²) in [6.45, 7) is 5.59. The van der Waals surface area contributed by atoms with Crippen molar-refractivity contribution in [2.24, 2.45) is 0 Å². The molecule has 0 bridgehead atoms. The largest absolute Gasteiger partial charge is 0.486 e. The summed E-state index contributed by atoms with van der Waals surface area (Å²) in [7, 11) is 0. The number of piperidine rings is 1. The smallest absolute Gasteiger partial charge is 0.163 e. The van der Waals surface area contributed by atoms with Crippen molar-refractivity contribution >= 4 is 5.69 Å². The van der Waals surface area contributed by atoms with Crippen molar-refractivity contribution in [2.45, 2.75) is 45.2 Å². The molecule has 1 saturated heterocycles. The van der Waals surface area contributed by atoms with E-state index in [1.54, 1.807) is 0 Å². The number of nitrogens with two attached hydrogens (primary N) is 1. The predicted molar refractivity (Wildman–Crippen MR) is 80.2 cm³/mol. The van der Waals surface area contributed by atoms with Gasteiger partial charge in [-0.05, 0) is 37.4 Å². The molecule has 110 valence electrons. The van der Waals surface area contributed by atoms with Gasteiger partial charge in [0.1, 0.15) is 13.2 Å². The van der Waals surface area contributed by atoms with E-state index in [1.807, 2.05) is 6.07 Å². The van der Waals surface area contributed by atoms with E-state index in [1.165, 1.54) is 32.2 Å². The Labute approximate surface area is 120 Å². The van der Waals surface area contributed by atoms with Crippen LogP contribution in [0.3, 0.4) is 0 Å². The number of hydrogen-bond donors (Lipinski definition) is 1. The van der Waals surface area contributed by atoms with Crippen LogP contribution < -0.4 is 15.2 Å². The number of anilines is 1. The molecule has 2 aliphatic rings. The second kappa shape index (κ2) is 5.92. The Kier molecular flexibility index (Phi) is 4.01. The summed E-state index contributed by atoms with van der Waals surface area (Å²) in [5.74, 6) is 1.62. The maximum Gasteiger partial charge on any atom is 0.163 e. The van der Waals surface area contributed by atoms with Crippen LogP contribution in [0.25, 0.3) is 0 Å². The molecule has 1 atom stereocenters. The van der Waals surface area contributed by atoms with Gasteiger partial charge < -0.3 is 15.2 Å². The van der Waals surface area contributed by atoms with Crippen LogP contribution >= 0.6 is 0 Å². The van der Waals surface area contributed by atoms with Crippen LogP contribution in [0.5, 0.6) is 11.5 Å². The van der Waals surface area contributed by atoms with Crippen molar-refractivity contribution in [2.75, 3.05) is 25.5 Å². The van der Waals surface area contributed by atoms with Crippen LogP contribution in [0.2, 0.25) is 0 Å². The topological polar surface area (TPSA) is 47.7 Å². The molecule has 3 rings (SSSR count). The quantitative estimate of drug-likeness (QED) is 0.862. The van der Waals surface area contributed by atoms with Crippen LogP contribution in [0.1, 0.15) is 38.2 Å². The molecule has 2 N–H and O–H groups in total. The Balaban J connectivity index is 1.79. The third-order valence-electron chi connectivity index (χ3n) is 4.40. The summed E-state index contributed by atoms with van der Waals surface area (Å²) >= 11 is 0. The number of rotatable bonds is 3. The zero-order chi connectivity index (χ0) is 13.9. The minimum absolute atomic E-state index is 0.607. The molecule has 0 saturated carbocycles. The van der Waals surface area contributed by atoms with E-state index < -0.39 is 0 Å². The molecule has 1 unspecified atom stereocenters. The normalized spacial score (nSPS) is 22.8. The van der Waals surface area contributed by atoms with Crippen LogP contribution in [0.15, 0.2) is 12.1 Å². The highest BCUT2D eigenvalue weighted by Gasteiger charge is 2.22. The van der Waals surface area contributed by atoms with Crippen molar-refractivity contribution in [3.05, 3.63) is 17.7 Å². The lowest BCUT2D eigenvalue weighted by Gasteiger charge is -2.35. The first kappa shape index (κ1) is 13.6. The van der Waals surface area contributed by atoms with Gasteiger partial charge in [0.05, 0.1) is 0 Å². The third kappa shape index (κ3) is 2.70. The van der Waals surface area contributed by atoms with Crippen molar-refractivity contribution < 1.29 is 9.47 Å². The molecule has 2 heterocycles. The molecule has 1 aromatic rings. The van der Waals surface area contributed by atoms with E-state index in [0.29, 0.717) is 19.3 Å². The van der Waals surface area contributed by atoms with E-state index in [4.69, 9.17) is 15.2 Å². The van der Waals surface area contributed by atoms with Crippen molar-refractivity contribution in [1.29, 1.82) is 0 Å². The molecule has 20 heavy (non-hydrogen) atoms. The van der Waals surface area contributed by atoms with Gasteiger partial charge in [0, 0.05) is 24.3 Å². The Hall–Kier alpha value is -1.42. The lowest BCUT2D eigenvalue weighted by atomic mass is 9.99. The zero-order valence-corrected chi connectivity index (χ0v) is 12.2. The monoisotopic (exact) mass is 276 g/mol. The first-order valence-corrected chi connectivity index (χ1v) is 7.70. The van der Waals surface area contributed by atoms with Gasteiger partial charge in [-0.2, -0.15) is 0 Å². The van der Waals surface area contributed by atoms with Gasteiger partial charge in [-0.3, -0.25) is 4.90 Å². The highest BCUT2D eigenvalue weighted by molar-refractivity contribution is 5.58. The third-order valence-corrected chi connectivity index (χ3v) is 4.40. The van der Waals surface area contributed by atoms with Crippen molar-refractivity contribution in [3.8, 4) is 11.5 Å². The van der Waals surface area contributed by atoms with Gasteiger partial charge >= 0.3 is 0 Å². The summed E-state index contributed by atoms with van der Waals surface area (Å²) in [4.78, 5) is 2.56. The van der Waals surface area contributed by atoms with E-state index in [9.17, 15) is 0 Å². The number of hydrogen-bond acceptors (Lipinski definition) is 4. The molecule has 0 aliphatic carbocycles. The summed E-state index contributed by atoms with van der Waals surface area (Å²) in [5, 5.41) is 0. The van der Waals surface area contributed by atoms with E-state index in [-0.39, 0.29) is 0 Å². The fourth-order valence-corrected chi connectivity index (χ4v) is 3.23. The van der Waals surface area contributed by atoms with Gasteiger partial charge in [-0.25, -0.2) is 0 Å². The van der Waals surface area contributed by atoms with E-state index >= 15 is 0 Å². The number of fused-ring (bicyclic) bond motifs is 1. The second-order valence-corrected chi connectivity index (χ2v) is 5.72. The number of nitrogen functional groups attached to an aromatic ring is 1. The molecule has 0 aromatic heterocycles. The van der Waals surface area contributed by atoms with Gasteiger partial charge in [0.2, 0.25) is 0 Å². The number of nitrogens with zero attached hydrogens (tertiary/aromatic N) is 1. The van der Waals surface area contributed by atoms with Crippen LogP contribution in [0.4, 0.5) is 5.69 Å². The van der Waals surface area contributed by atoms with Crippen molar-refractivity contribution in [3.63, 3.8) is 0 Å². The molecule has 1 aromatic carbocycles.